The SMILES string of the molecule is CC(C)C[C@H]([NH3+])C(=O)N1CCC(C(=O)N[C@H](C(=O)Nc2ccc(F)cc2)C(C)C)CC1.[Cl-]. The zero-order valence-electron chi connectivity index (χ0n) is 19.4. The molecule has 0 radical (unpaired) electrons. The maximum absolute atomic E-state index is 13.1. The van der Waals surface area contributed by atoms with Gasteiger partial charge in [-0.25, -0.2) is 4.39 Å². The molecule has 1 aromatic rings. The molecule has 0 saturated carbocycles. The molecule has 1 heterocycles. The van der Waals surface area contributed by atoms with Crippen LogP contribution in [0, 0.1) is 23.6 Å². The number of benzene rings is 1. The van der Waals surface area contributed by atoms with Gasteiger partial charge in [0.15, 0.2) is 6.04 Å². The first-order valence-electron chi connectivity index (χ1n) is 11.1. The fourth-order valence-corrected chi connectivity index (χ4v) is 3.85. The zero-order chi connectivity index (χ0) is 23.1. The average Bonchev–Trinajstić information content (AvgIpc) is 2.72. The van der Waals surface area contributed by atoms with Crippen molar-refractivity contribution < 1.29 is 36.9 Å². The standard InChI is InChI=1S/C23H35FN4O3.ClH/c1-14(2)13-19(25)23(31)28-11-9-16(10-12-28)21(29)27-20(15(3)4)22(30)26-18-7-5-17(24)6-8-18;/h5-8,14-16,19-20H,9-13,25H2,1-4H3,(H,26,30)(H,27,29);1H/t19-,20-;/m0./s1. The van der Waals surface area contributed by atoms with E-state index in [9.17, 15) is 18.8 Å². The Labute approximate surface area is 196 Å². The molecule has 2 atom stereocenters. The summed E-state index contributed by atoms with van der Waals surface area (Å²) >= 11 is 0. The van der Waals surface area contributed by atoms with Crippen LogP contribution in [-0.2, 0) is 14.4 Å². The molecule has 0 spiro atoms. The van der Waals surface area contributed by atoms with Crippen LogP contribution in [0.3, 0.4) is 0 Å². The minimum Gasteiger partial charge on any atom is -1.00 e. The maximum Gasteiger partial charge on any atom is 0.280 e. The van der Waals surface area contributed by atoms with E-state index in [1.54, 1.807) is 4.90 Å². The van der Waals surface area contributed by atoms with Crippen LogP contribution >= 0.6 is 0 Å². The highest BCUT2D eigenvalue weighted by molar-refractivity contribution is 5.97. The highest BCUT2D eigenvalue weighted by atomic mass is 35.5. The molecule has 0 aromatic heterocycles. The molecule has 1 aliphatic heterocycles. The smallest absolute Gasteiger partial charge is 0.280 e. The molecule has 1 aromatic carbocycles. The van der Waals surface area contributed by atoms with Crippen LogP contribution in [0.4, 0.5) is 10.1 Å². The zero-order valence-corrected chi connectivity index (χ0v) is 20.1. The lowest BCUT2D eigenvalue weighted by atomic mass is 9.93. The van der Waals surface area contributed by atoms with Crippen molar-refractivity contribution in [3.05, 3.63) is 30.1 Å². The Kier molecular flexibility index (Phi) is 11.1. The molecular weight excluding hydrogens is 435 g/mol. The summed E-state index contributed by atoms with van der Waals surface area (Å²) in [6.07, 6.45) is 1.88. The molecule has 0 bridgehead atoms. The number of hydrogen-bond acceptors (Lipinski definition) is 3. The molecular formula is C23H36ClFN4O3. The predicted molar refractivity (Wildman–Crippen MR) is 117 cm³/mol. The third-order valence-corrected chi connectivity index (χ3v) is 5.64. The number of nitrogens with one attached hydrogen (secondary N) is 2. The second kappa shape index (κ2) is 12.7. The van der Waals surface area contributed by atoms with Gasteiger partial charge in [0.25, 0.3) is 5.91 Å². The summed E-state index contributed by atoms with van der Waals surface area (Å²) in [5.41, 5.74) is 4.46. The number of quaternary nitrogens is 1. The van der Waals surface area contributed by atoms with Crippen molar-refractivity contribution in [3.8, 4) is 0 Å². The summed E-state index contributed by atoms with van der Waals surface area (Å²) in [5, 5.41) is 5.60. The van der Waals surface area contributed by atoms with E-state index in [1.807, 2.05) is 13.8 Å². The van der Waals surface area contributed by atoms with Crippen molar-refractivity contribution in [2.45, 2.75) is 59.0 Å². The Bertz CT molecular complexity index is 765. The lowest BCUT2D eigenvalue weighted by molar-refractivity contribution is -0.408. The Hall–Kier alpha value is -2.19. The minimum atomic E-state index is -0.701. The van der Waals surface area contributed by atoms with Crippen molar-refractivity contribution in [1.82, 2.24) is 10.2 Å². The molecule has 7 nitrogen and oxygen atoms in total. The van der Waals surface area contributed by atoms with E-state index in [2.05, 4.69) is 30.2 Å². The van der Waals surface area contributed by atoms with Crippen molar-refractivity contribution >= 4 is 23.4 Å². The van der Waals surface area contributed by atoms with Crippen LogP contribution in [0.25, 0.3) is 0 Å². The van der Waals surface area contributed by atoms with Crippen LogP contribution in [0.2, 0.25) is 0 Å². The molecule has 32 heavy (non-hydrogen) atoms. The van der Waals surface area contributed by atoms with E-state index >= 15 is 0 Å². The van der Waals surface area contributed by atoms with Crippen LogP contribution < -0.4 is 28.8 Å². The number of carbonyl (C=O) groups is 3. The summed E-state index contributed by atoms with van der Waals surface area (Å²) in [5.74, 6) is -0.795. The molecule has 2 rings (SSSR count). The quantitative estimate of drug-likeness (QED) is 0.444. The summed E-state index contributed by atoms with van der Waals surface area (Å²) in [6.45, 7) is 8.91. The van der Waals surface area contributed by atoms with Gasteiger partial charge >= 0.3 is 0 Å². The monoisotopic (exact) mass is 470 g/mol. The van der Waals surface area contributed by atoms with E-state index < -0.39 is 6.04 Å². The van der Waals surface area contributed by atoms with E-state index in [0.29, 0.717) is 37.5 Å². The molecule has 1 fully saturated rings. The van der Waals surface area contributed by atoms with Crippen molar-refractivity contribution in [2.75, 3.05) is 18.4 Å². The average molecular weight is 471 g/mol. The van der Waals surface area contributed by atoms with Gasteiger partial charge in [-0.05, 0) is 48.9 Å². The molecule has 9 heteroatoms. The first kappa shape index (κ1) is 27.8. The number of likely N-dealkylation sites (tertiary alicyclic amines) is 1. The second-order valence-corrected chi connectivity index (χ2v) is 9.15. The lowest BCUT2D eigenvalue weighted by Gasteiger charge is -2.33. The first-order chi connectivity index (χ1) is 14.6. The van der Waals surface area contributed by atoms with Gasteiger partial charge in [-0.15, -0.1) is 0 Å². The summed E-state index contributed by atoms with van der Waals surface area (Å²) in [7, 11) is 0. The van der Waals surface area contributed by atoms with Gasteiger partial charge in [0, 0.05) is 31.1 Å². The van der Waals surface area contributed by atoms with Crippen molar-refractivity contribution in [2.24, 2.45) is 17.8 Å². The van der Waals surface area contributed by atoms with Gasteiger partial charge < -0.3 is 33.7 Å². The molecule has 0 aliphatic carbocycles. The number of amides is 3. The Morgan fingerprint density at radius 3 is 2.16 bits per heavy atom. The van der Waals surface area contributed by atoms with Crippen LogP contribution in [-0.4, -0.2) is 47.8 Å². The fraction of sp³-hybridized carbons (Fsp3) is 0.609. The van der Waals surface area contributed by atoms with Crippen molar-refractivity contribution in [1.29, 1.82) is 0 Å². The molecule has 1 aliphatic rings. The highest BCUT2D eigenvalue weighted by Crippen LogP contribution is 2.20. The molecule has 5 N–H and O–H groups in total. The largest absolute Gasteiger partial charge is 1.00 e. The predicted octanol–water partition coefficient (Wildman–Crippen LogP) is -1.20. The fourth-order valence-electron chi connectivity index (χ4n) is 3.85. The number of hydrogen-bond donors (Lipinski definition) is 3. The van der Waals surface area contributed by atoms with Gasteiger partial charge in [0.05, 0.1) is 0 Å². The number of rotatable bonds is 8. The van der Waals surface area contributed by atoms with Crippen LogP contribution in [0.1, 0.15) is 47.0 Å². The van der Waals surface area contributed by atoms with E-state index in [1.165, 1.54) is 24.3 Å². The van der Waals surface area contributed by atoms with E-state index in [-0.39, 0.29) is 53.8 Å². The Morgan fingerprint density at radius 2 is 1.66 bits per heavy atom. The van der Waals surface area contributed by atoms with E-state index in [4.69, 9.17) is 0 Å². The number of halogens is 2. The van der Waals surface area contributed by atoms with Gasteiger partial charge in [0.2, 0.25) is 11.8 Å². The van der Waals surface area contributed by atoms with Gasteiger partial charge in [0.1, 0.15) is 11.9 Å². The molecule has 1 saturated heterocycles. The summed E-state index contributed by atoms with van der Waals surface area (Å²) in [6, 6.07) is 4.54. The van der Waals surface area contributed by atoms with Crippen LogP contribution in [0.15, 0.2) is 24.3 Å². The number of nitrogens with zero attached hydrogens (tertiary/aromatic N) is 1. The molecule has 180 valence electrons. The lowest BCUT2D eigenvalue weighted by Crippen LogP contribution is -3.00. The summed E-state index contributed by atoms with van der Waals surface area (Å²) in [4.78, 5) is 39.8. The van der Waals surface area contributed by atoms with Crippen LogP contribution in [0.5, 0.6) is 0 Å². The molecule has 0 unspecified atom stereocenters. The third kappa shape index (κ3) is 8.06. The first-order valence-corrected chi connectivity index (χ1v) is 11.1. The normalized spacial score (nSPS) is 16.3. The maximum atomic E-state index is 13.1. The van der Waals surface area contributed by atoms with Gasteiger partial charge in [-0.2, -0.15) is 0 Å². The number of anilines is 1. The van der Waals surface area contributed by atoms with Gasteiger partial charge in [-0.3, -0.25) is 14.4 Å². The van der Waals surface area contributed by atoms with Gasteiger partial charge in [-0.1, -0.05) is 27.7 Å². The number of piperidine rings is 1. The summed E-state index contributed by atoms with van der Waals surface area (Å²) < 4.78 is 13.1. The minimum absolute atomic E-state index is 0. The second-order valence-electron chi connectivity index (χ2n) is 9.15. The van der Waals surface area contributed by atoms with E-state index in [0.717, 1.165) is 6.42 Å². The Morgan fingerprint density at radius 1 is 1.09 bits per heavy atom. The Balaban J connectivity index is 0.00000512. The third-order valence-electron chi connectivity index (χ3n) is 5.64. The number of carbonyl (C=O) groups excluding carboxylic acids is 3. The van der Waals surface area contributed by atoms with Crippen molar-refractivity contribution in [3.63, 3.8) is 0 Å². The molecule has 3 amide bonds. The topological polar surface area (TPSA) is 106 Å². The highest BCUT2D eigenvalue weighted by Gasteiger charge is 2.33.